The Morgan fingerprint density at radius 1 is 0.984 bits per heavy atom. The topological polar surface area (TPSA) is 230 Å². The first-order chi connectivity index (χ1) is 28.9. The summed E-state index contributed by atoms with van der Waals surface area (Å²) >= 11 is 0. The second-order valence-electron chi connectivity index (χ2n) is 19.9. The van der Waals surface area contributed by atoms with E-state index in [4.69, 9.17) is 28.4 Å². The molecule has 0 radical (unpaired) electrons. The van der Waals surface area contributed by atoms with Crippen LogP contribution in [0.25, 0.3) is 0 Å². The first kappa shape index (κ1) is 52.9. The quantitative estimate of drug-likeness (QED) is 0.132. The second kappa shape index (κ2) is 21.7. The van der Waals surface area contributed by atoms with E-state index in [1.807, 2.05) is 27.7 Å². The molecule has 3 aliphatic heterocycles. The maximum Gasteiger partial charge on any atom is 0.317 e. The van der Waals surface area contributed by atoms with Crippen LogP contribution >= 0.6 is 0 Å². The van der Waals surface area contributed by atoms with Crippen molar-refractivity contribution >= 4 is 12.0 Å². The highest BCUT2D eigenvalue weighted by Gasteiger charge is 2.59. The standard InChI is InChI=1S/C45H84N4O13/c1-14-19-46-41(53)49(12)32-20-26(4)58-40(35(32)50)62-38-27(5)36(61-34-22-43(10,57-13)45(56,30(8)59-34)24-48-31-17-16-18-31)28(6)39(52)60-33(15-2)44(11,55)37(51)29(7)47-23-25(3)21-42(38,9)54/h25-38,40,47-48,50-51,54-56H,14-24H2,1-13H3,(H,46,53)/t25-,26-,27+,28-,29-,30+,32+,33-,34+,35-,36+,37-,38-,40+,42-,43-,44-,45+/m1/s1. The fraction of sp³-hybridized carbons (Fsp3) is 0.956. The number of aliphatic hydroxyl groups is 5. The Morgan fingerprint density at radius 2 is 1.65 bits per heavy atom. The summed E-state index contributed by atoms with van der Waals surface area (Å²) in [5, 5.41) is 69.6. The third-order valence-corrected chi connectivity index (χ3v) is 14.6. The normalized spacial score (nSPS) is 45.5. The molecule has 62 heavy (non-hydrogen) atoms. The number of carbonyl (C=O) groups excluding carboxylic acids is 2. The Kier molecular flexibility index (Phi) is 18.5. The molecule has 18 atom stereocenters. The number of aliphatic hydroxyl groups excluding tert-OH is 2. The molecule has 0 bridgehead atoms. The maximum absolute atomic E-state index is 14.5. The minimum Gasteiger partial charge on any atom is -0.459 e. The van der Waals surface area contributed by atoms with Crippen molar-refractivity contribution in [3.8, 4) is 0 Å². The molecule has 4 rings (SSSR count). The zero-order chi connectivity index (χ0) is 46.5. The average molecular weight is 889 g/mol. The number of carbonyl (C=O) groups is 2. The number of amides is 2. The van der Waals surface area contributed by atoms with Gasteiger partial charge in [0, 0.05) is 51.7 Å². The molecule has 0 spiro atoms. The lowest BCUT2D eigenvalue weighted by Gasteiger charge is -2.54. The third-order valence-electron chi connectivity index (χ3n) is 14.6. The van der Waals surface area contributed by atoms with Crippen LogP contribution < -0.4 is 16.0 Å². The fourth-order valence-electron chi connectivity index (χ4n) is 10.0. The molecule has 3 saturated heterocycles. The predicted molar refractivity (Wildman–Crippen MR) is 232 cm³/mol. The number of cyclic esters (lactones) is 1. The molecule has 0 aromatic rings. The minimum absolute atomic E-state index is 0.0682. The lowest BCUT2D eigenvalue weighted by Crippen LogP contribution is -2.70. The average Bonchev–Trinajstić information content (AvgIpc) is 3.19. The van der Waals surface area contributed by atoms with Gasteiger partial charge in [0.2, 0.25) is 0 Å². The van der Waals surface area contributed by atoms with E-state index in [2.05, 4.69) is 16.0 Å². The largest absolute Gasteiger partial charge is 0.459 e. The highest BCUT2D eigenvalue weighted by Crippen LogP contribution is 2.43. The van der Waals surface area contributed by atoms with E-state index in [0.717, 1.165) is 25.7 Å². The molecule has 4 fully saturated rings. The summed E-state index contributed by atoms with van der Waals surface area (Å²) in [6.07, 6.45) is -4.98. The van der Waals surface area contributed by atoms with Crippen molar-refractivity contribution in [3.05, 3.63) is 0 Å². The van der Waals surface area contributed by atoms with Gasteiger partial charge in [0.15, 0.2) is 12.6 Å². The van der Waals surface area contributed by atoms with Crippen molar-refractivity contribution in [3.63, 3.8) is 0 Å². The minimum atomic E-state index is -1.85. The molecule has 4 aliphatic rings. The van der Waals surface area contributed by atoms with Gasteiger partial charge in [0.1, 0.15) is 35.1 Å². The Hall–Kier alpha value is -1.74. The SMILES string of the molecule is CCCNC(=O)N(C)[C@H]1C[C@@H](C)O[C@@H](O[C@@H]2[C@@H](C)[C@H](O[C@H]3C[C@@](C)(OC)[C@](O)(CNC4CCC4)[C@H](C)O3)[C@@H](C)C(=O)O[C@H](CC)[C@@](C)(O)[C@H](O)[C@@H](C)NC[C@H](C)C[C@@]2(C)O)[C@@H]1O. The highest BCUT2D eigenvalue weighted by molar-refractivity contribution is 5.74. The number of likely N-dealkylation sites (N-methyl/N-ethyl adjacent to an activating group) is 1. The number of methoxy groups -OCH3 is 1. The van der Waals surface area contributed by atoms with Gasteiger partial charge in [-0.3, -0.25) is 4.79 Å². The number of nitrogens with zero attached hydrogens (tertiary/aromatic N) is 1. The number of hydrogen-bond donors (Lipinski definition) is 8. The molecule has 8 N–H and O–H groups in total. The van der Waals surface area contributed by atoms with Gasteiger partial charge in [-0.2, -0.15) is 0 Å². The summed E-state index contributed by atoms with van der Waals surface area (Å²) in [5.41, 5.74) is -6.12. The van der Waals surface area contributed by atoms with Gasteiger partial charge in [0.25, 0.3) is 0 Å². The van der Waals surface area contributed by atoms with Crippen LogP contribution in [0.15, 0.2) is 0 Å². The summed E-state index contributed by atoms with van der Waals surface area (Å²) < 4.78 is 38.6. The Labute approximate surface area is 370 Å². The van der Waals surface area contributed by atoms with Crippen LogP contribution in [0.1, 0.15) is 128 Å². The molecule has 1 aliphatic carbocycles. The Balaban J connectivity index is 1.78. The molecular formula is C45H84N4O13. The van der Waals surface area contributed by atoms with Gasteiger partial charge in [0.05, 0.1) is 42.0 Å². The van der Waals surface area contributed by atoms with Crippen LogP contribution in [0, 0.1) is 17.8 Å². The summed E-state index contributed by atoms with van der Waals surface area (Å²) in [7, 11) is 3.15. The van der Waals surface area contributed by atoms with Gasteiger partial charge in [-0.25, -0.2) is 4.79 Å². The van der Waals surface area contributed by atoms with E-state index in [1.54, 1.807) is 48.6 Å². The van der Waals surface area contributed by atoms with Crippen molar-refractivity contribution in [1.82, 2.24) is 20.9 Å². The van der Waals surface area contributed by atoms with Crippen LogP contribution in [0.3, 0.4) is 0 Å². The number of nitrogens with one attached hydrogen (secondary N) is 3. The lowest BCUT2D eigenvalue weighted by molar-refractivity contribution is -0.336. The molecule has 3 heterocycles. The smallest absolute Gasteiger partial charge is 0.317 e. The van der Waals surface area contributed by atoms with Crippen molar-refractivity contribution in [2.24, 2.45) is 17.8 Å². The van der Waals surface area contributed by atoms with Crippen LogP contribution in [-0.4, -0.2) is 172 Å². The molecule has 0 aromatic heterocycles. The van der Waals surface area contributed by atoms with Crippen LogP contribution in [0.4, 0.5) is 4.79 Å². The molecule has 362 valence electrons. The van der Waals surface area contributed by atoms with Crippen molar-refractivity contribution in [1.29, 1.82) is 0 Å². The van der Waals surface area contributed by atoms with Crippen LogP contribution in [0.2, 0.25) is 0 Å². The van der Waals surface area contributed by atoms with E-state index in [-0.39, 0.29) is 37.8 Å². The maximum atomic E-state index is 14.5. The van der Waals surface area contributed by atoms with Crippen molar-refractivity contribution < 1.29 is 63.5 Å². The highest BCUT2D eigenvalue weighted by atomic mass is 16.7. The van der Waals surface area contributed by atoms with Gasteiger partial charge in [-0.05, 0) is 99.5 Å². The molecule has 1 saturated carbocycles. The molecule has 0 unspecified atom stereocenters. The van der Waals surface area contributed by atoms with E-state index in [9.17, 15) is 35.1 Å². The molecule has 17 heteroatoms. The molecule has 0 aromatic carbocycles. The summed E-state index contributed by atoms with van der Waals surface area (Å²) in [6, 6.07) is -1.37. The Bertz CT molecular complexity index is 1440. The summed E-state index contributed by atoms with van der Waals surface area (Å²) in [4.78, 5) is 29.0. The zero-order valence-electron chi connectivity index (χ0n) is 39.9. The van der Waals surface area contributed by atoms with Crippen LogP contribution in [-0.2, 0) is 33.2 Å². The zero-order valence-corrected chi connectivity index (χ0v) is 39.9. The Morgan fingerprint density at radius 3 is 2.23 bits per heavy atom. The first-order valence-electron chi connectivity index (χ1n) is 23.2. The van der Waals surface area contributed by atoms with Crippen LogP contribution in [0.5, 0.6) is 0 Å². The van der Waals surface area contributed by atoms with Gasteiger partial charge in [-0.15, -0.1) is 0 Å². The number of esters is 1. The van der Waals surface area contributed by atoms with E-state index in [1.165, 1.54) is 18.9 Å². The number of urea groups is 1. The number of ether oxygens (including phenoxy) is 6. The van der Waals surface area contributed by atoms with Gasteiger partial charge < -0.3 is 74.8 Å². The predicted octanol–water partition coefficient (Wildman–Crippen LogP) is 2.56. The third kappa shape index (κ3) is 11.8. The summed E-state index contributed by atoms with van der Waals surface area (Å²) in [6.45, 7) is 20.3. The number of rotatable bonds is 12. The number of hydrogen-bond acceptors (Lipinski definition) is 15. The molecule has 17 nitrogen and oxygen atoms in total. The fourth-order valence-corrected chi connectivity index (χ4v) is 10.0. The molecular weight excluding hydrogens is 805 g/mol. The van der Waals surface area contributed by atoms with Gasteiger partial charge in [-0.1, -0.05) is 34.1 Å². The lowest BCUT2D eigenvalue weighted by atomic mass is 9.74. The monoisotopic (exact) mass is 889 g/mol. The van der Waals surface area contributed by atoms with Gasteiger partial charge >= 0.3 is 12.0 Å². The van der Waals surface area contributed by atoms with Crippen molar-refractivity contribution in [2.45, 2.75) is 223 Å². The second-order valence-corrected chi connectivity index (χ2v) is 19.9. The van der Waals surface area contributed by atoms with Crippen molar-refractivity contribution in [2.75, 3.05) is 33.8 Å². The molecule has 2 amide bonds. The summed E-state index contributed by atoms with van der Waals surface area (Å²) in [5.74, 6) is -2.89. The van der Waals surface area contributed by atoms with E-state index in [0.29, 0.717) is 25.6 Å². The van der Waals surface area contributed by atoms with E-state index < -0.39 is 108 Å². The van der Waals surface area contributed by atoms with E-state index >= 15 is 0 Å². The first-order valence-corrected chi connectivity index (χ1v) is 23.2.